The van der Waals surface area contributed by atoms with E-state index in [9.17, 15) is 4.79 Å². The van der Waals surface area contributed by atoms with E-state index in [1.54, 1.807) is 11.8 Å². The van der Waals surface area contributed by atoms with E-state index < -0.39 is 0 Å². The number of carbonyl (C=O) groups excluding carboxylic acids is 1. The molecule has 136 valence electrons. The van der Waals surface area contributed by atoms with Gasteiger partial charge in [-0.05, 0) is 18.6 Å². The first kappa shape index (κ1) is 17.1. The molecule has 0 unspecified atom stereocenters. The van der Waals surface area contributed by atoms with Gasteiger partial charge < -0.3 is 19.4 Å². The summed E-state index contributed by atoms with van der Waals surface area (Å²) >= 11 is 1.54. The smallest absolute Gasteiger partial charge is 0.240 e. The number of fused-ring (bicyclic) bond motifs is 1. The highest BCUT2D eigenvalue weighted by atomic mass is 32.1. The minimum Gasteiger partial charge on any atom is -0.379 e. The fraction of sp³-hybridized carbons (Fsp3) is 0.389. The van der Waals surface area contributed by atoms with Crippen LogP contribution in [0.15, 0.2) is 41.5 Å². The van der Waals surface area contributed by atoms with Crippen LogP contribution in [-0.2, 0) is 27.4 Å². The van der Waals surface area contributed by atoms with E-state index in [0.29, 0.717) is 19.8 Å². The molecule has 0 aliphatic carbocycles. The predicted molar refractivity (Wildman–Crippen MR) is 97.8 cm³/mol. The fourth-order valence-corrected chi connectivity index (χ4v) is 3.63. The Balaban J connectivity index is 1.37. The van der Waals surface area contributed by atoms with Crippen molar-refractivity contribution in [1.82, 2.24) is 19.9 Å². The predicted octanol–water partition coefficient (Wildman–Crippen LogP) is 1.98. The average molecular weight is 372 g/mol. The van der Waals surface area contributed by atoms with E-state index >= 15 is 0 Å². The Bertz CT molecular complexity index is 864. The topological polar surface area (TPSA) is 78.3 Å². The van der Waals surface area contributed by atoms with Crippen LogP contribution in [-0.4, -0.2) is 45.8 Å². The number of hydrogen-bond donors (Lipinski definition) is 1. The third-order valence-corrected chi connectivity index (χ3v) is 5.06. The van der Waals surface area contributed by atoms with Crippen molar-refractivity contribution in [3.8, 4) is 0 Å². The Kier molecular flexibility index (Phi) is 5.24. The number of aromatic nitrogens is 3. The van der Waals surface area contributed by atoms with Crippen LogP contribution < -0.4 is 5.32 Å². The number of amides is 1. The maximum atomic E-state index is 12.5. The molecule has 2 aromatic heterocycles. The number of ether oxygens (including phenoxy) is 2. The number of hydrogen-bond acceptors (Lipinski definition) is 6. The van der Waals surface area contributed by atoms with E-state index in [1.165, 1.54) is 11.3 Å². The minimum atomic E-state index is -0.172. The molecule has 1 aliphatic heterocycles. The van der Waals surface area contributed by atoms with Crippen LogP contribution in [0.25, 0.3) is 11.0 Å². The first-order valence-corrected chi connectivity index (χ1v) is 9.49. The minimum absolute atomic E-state index is 0.0534. The van der Waals surface area contributed by atoms with Crippen molar-refractivity contribution in [2.75, 3.05) is 13.2 Å². The summed E-state index contributed by atoms with van der Waals surface area (Å²) in [4.78, 5) is 21.1. The van der Waals surface area contributed by atoms with Gasteiger partial charge in [-0.25, -0.2) is 9.97 Å². The van der Waals surface area contributed by atoms with Gasteiger partial charge in [0.25, 0.3) is 0 Å². The molecule has 1 saturated heterocycles. The zero-order valence-electron chi connectivity index (χ0n) is 14.2. The largest absolute Gasteiger partial charge is 0.379 e. The SMILES string of the molecule is O=C(Cn1cnc2ccccc21)N[C@@H]1CCOC[C@H]1OCc1cscn1. The number of carbonyl (C=O) groups is 1. The van der Waals surface area contributed by atoms with Gasteiger partial charge in [0.15, 0.2) is 0 Å². The van der Waals surface area contributed by atoms with Crippen LogP contribution in [0, 0.1) is 0 Å². The van der Waals surface area contributed by atoms with Crippen molar-refractivity contribution in [3.63, 3.8) is 0 Å². The van der Waals surface area contributed by atoms with Crippen molar-refractivity contribution in [2.45, 2.75) is 31.7 Å². The summed E-state index contributed by atoms with van der Waals surface area (Å²) in [6.45, 7) is 1.76. The maximum Gasteiger partial charge on any atom is 0.240 e. The summed E-state index contributed by atoms with van der Waals surface area (Å²) in [7, 11) is 0. The van der Waals surface area contributed by atoms with Crippen LogP contribution >= 0.6 is 11.3 Å². The molecule has 0 saturated carbocycles. The summed E-state index contributed by atoms with van der Waals surface area (Å²) in [6.07, 6.45) is 2.26. The van der Waals surface area contributed by atoms with Gasteiger partial charge in [0.2, 0.25) is 5.91 Å². The van der Waals surface area contributed by atoms with Crippen molar-refractivity contribution < 1.29 is 14.3 Å². The molecule has 1 aromatic carbocycles. The molecule has 1 fully saturated rings. The molecule has 26 heavy (non-hydrogen) atoms. The van der Waals surface area contributed by atoms with Crippen LogP contribution in [0.1, 0.15) is 12.1 Å². The molecule has 2 atom stereocenters. The lowest BCUT2D eigenvalue weighted by molar-refractivity contribution is -0.127. The Morgan fingerprint density at radius 3 is 3.19 bits per heavy atom. The molecule has 1 amide bonds. The number of rotatable bonds is 6. The van der Waals surface area contributed by atoms with E-state index in [0.717, 1.165) is 23.1 Å². The Labute approximate surface area is 155 Å². The van der Waals surface area contributed by atoms with Gasteiger partial charge in [0, 0.05) is 12.0 Å². The molecule has 4 rings (SSSR count). The molecule has 7 nitrogen and oxygen atoms in total. The highest BCUT2D eigenvalue weighted by Gasteiger charge is 2.28. The standard InChI is InChI=1S/C18H20N4O3S/c23-18(7-22-11-19-14-3-1-2-4-16(14)22)21-15-5-6-24-9-17(15)25-8-13-10-26-12-20-13/h1-4,10-12,15,17H,5-9H2,(H,21,23)/t15-,17-/m1/s1. The third-order valence-electron chi connectivity index (χ3n) is 4.42. The van der Waals surface area contributed by atoms with Crippen molar-refractivity contribution >= 4 is 28.3 Å². The number of nitrogens with one attached hydrogen (secondary N) is 1. The third kappa shape index (κ3) is 3.92. The van der Waals surface area contributed by atoms with Crippen LogP contribution in [0.3, 0.4) is 0 Å². The van der Waals surface area contributed by atoms with Crippen molar-refractivity contribution in [1.29, 1.82) is 0 Å². The van der Waals surface area contributed by atoms with E-state index in [2.05, 4.69) is 15.3 Å². The molecule has 8 heteroatoms. The van der Waals surface area contributed by atoms with Crippen LogP contribution in [0.2, 0.25) is 0 Å². The van der Waals surface area contributed by atoms with Crippen molar-refractivity contribution in [3.05, 3.63) is 47.2 Å². The fourth-order valence-electron chi connectivity index (χ4n) is 3.09. The highest BCUT2D eigenvalue weighted by molar-refractivity contribution is 7.07. The van der Waals surface area contributed by atoms with E-state index in [-0.39, 0.29) is 24.6 Å². The summed E-state index contributed by atoms with van der Waals surface area (Å²) in [5, 5.41) is 5.05. The molecule has 1 aliphatic rings. The monoisotopic (exact) mass is 372 g/mol. The summed E-state index contributed by atoms with van der Waals surface area (Å²) < 4.78 is 13.3. The number of para-hydroxylation sites is 2. The lowest BCUT2D eigenvalue weighted by Crippen LogP contribution is -2.50. The Morgan fingerprint density at radius 1 is 1.38 bits per heavy atom. The van der Waals surface area contributed by atoms with Gasteiger partial charge in [-0.15, -0.1) is 11.3 Å². The molecule has 0 radical (unpaired) electrons. The highest BCUT2D eigenvalue weighted by Crippen LogP contribution is 2.15. The van der Waals surface area contributed by atoms with Gasteiger partial charge in [-0.3, -0.25) is 4.79 Å². The lowest BCUT2D eigenvalue weighted by Gasteiger charge is -2.32. The molecule has 0 bridgehead atoms. The van der Waals surface area contributed by atoms with Gasteiger partial charge >= 0.3 is 0 Å². The van der Waals surface area contributed by atoms with Crippen LogP contribution in [0.5, 0.6) is 0 Å². The molecule has 3 heterocycles. The number of imidazole rings is 1. The zero-order valence-corrected chi connectivity index (χ0v) is 15.0. The van der Waals surface area contributed by atoms with Crippen molar-refractivity contribution in [2.24, 2.45) is 0 Å². The van der Waals surface area contributed by atoms with E-state index in [1.807, 2.05) is 34.2 Å². The quantitative estimate of drug-likeness (QED) is 0.716. The summed E-state index contributed by atoms with van der Waals surface area (Å²) in [6, 6.07) is 7.71. The molecular weight excluding hydrogens is 352 g/mol. The summed E-state index contributed by atoms with van der Waals surface area (Å²) in [5.41, 5.74) is 4.52. The lowest BCUT2D eigenvalue weighted by atomic mass is 10.1. The normalized spacial score (nSPS) is 20.3. The molecule has 1 N–H and O–H groups in total. The molecule has 0 spiro atoms. The number of thiazole rings is 1. The zero-order chi connectivity index (χ0) is 17.8. The second kappa shape index (κ2) is 7.94. The second-order valence-electron chi connectivity index (χ2n) is 6.23. The van der Waals surface area contributed by atoms with E-state index in [4.69, 9.17) is 9.47 Å². The Morgan fingerprint density at radius 2 is 2.31 bits per heavy atom. The maximum absolute atomic E-state index is 12.5. The first-order chi connectivity index (χ1) is 12.8. The molecular formula is C18H20N4O3S. The van der Waals surface area contributed by atoms with Crippen LogP contribution in [0.4, 0.5) is 0 Å². The van der Waals surface area contributed by atoms with Gasteiger partial charge in [0.05, 0.1) is 47.8 Å². The average Bonchev–Trinajstić information content (AvgIpc) is 3.31. The molecule has 3 aromatic rings. The number of nitrogens with zero attached hydrogens (tertiary/aromatic N) is 3. The van der Waals surface area contributed by atoms with Gasteiger partial charge in [-0.1, -0.05) is 12.1 Å². The first-order valence-electron chi connectivity index (χ1n) is 8.55. The summed E-state index contributed by atoms with van der Waals surface area (Å²) in [5.74, 6) is -0.0534. The Hall–Kier alpha value is -2.29. The number of benzene rings is 1. The second-order valence-corrected chi connectivity index (χ2v) is 6.95. The van der Waals surface area contributed by atoms with Gasteiger partial charge in [0.1, 0.15) is 12.6 Å². The van der Waals surface area contributed by atoms with Gasteiger partial charge in [-0.2, -0.15) is 0 Å².